The van der Waals surface area contributed by atoms with Gasteiger partial charge in [-0.25, -0.2) is 0 Å². The van der Waals surface area contributed by atoms with Gasteiger partial charge in [-0.1, -0.05) is 6.92 Å². The number of esters is 1. The van der Waals surface area contributed by atoms with Crippen LogP contribution >= 0.6 is 0 Å². The van der Waals surface area contributed by atoms with Crippen LogP contribution < -0.4 is 5.43 Å². The van der Waals surface area contributed by atoms with Crippen molar-refractivity contribution in [3.05, 3.63) is 44.6 Å². The van der Waals surface area contributed by atoms with Crippen LogP contribution in [0.15, 0.2) is 16.9 Å². The zero-order valence-electron chi connectivity index (χ0n) is 13.5. The molecule has 3 aliphatic heterocycles. The molecule has 4 bridgehead atoms. The number of carbonyl (C=O) groups excluding carboxylic acids is 1. The Bertz CT molecular complexity index is 907. The van der Waals surface area contributed by atoms with Crippen molar-refractivity contribution in [2.45, 2.75) is 56.5 Å². The second-order valence-corrected chi connectivity index (χ2v) is 8.18. The van der Waals surface area contributed by atoms with Crippen LogP contribution in [0.2, 0.25) is 0 Å². The maximum Gasteiger partial charge on any atom is 0.313 e. The smallest absolute Gasteiger partial charge is 0.313 e. The molecule has 2 unspecified atom stereocenters. The number of fused-ring (bicyclic) bond motifs is 2. The van der Waals surface area contributed by atoms with Gasteiger partial charge in [-0.15, -0.1) is 0 Å². The number of carbonyl (C=O) groups is 1. The van der Waals surface area contributed by atoms with Crippen molar-refractivity contribution in [3.63, 3.8) is 0 Å². The second-order valence-electron chi connectivity index (χ2n) is 8.18. The SMILES string of the molecule is Cc1cc(=O)cc2c3c1[C@@H]1O[C@H]4C5OC(=O)C(CC2)([C@@H]4C)[C@H]3[C@@]51O. The van der Waals surface area contributed by atoms with Crippen molar-refractivity contribution in [2.24, 2.45) is 11.3 Å². The molecule has 3 aliphatic carbocycles. The van der Waals surface area contributed by atoms with E-state index >= 15 is 0 Å². The molecule has 7 atom stereocenters. The third-order valence-electron chi connectivity index (χ3n) is 7.46. The van der Waals surface area contributed by atoms with Gasteiger partial charge in [0.2, 0.25) is 0 Å². The molecule has 5 heteroatoms. The Morgan fingerprint density at radius 1 is 1.25 bits per heavy atom. The maximum atomic E-state index is 12.9. The lowest BCUT2D eigenvalue weighted by Gasteiger charge is -2.60. The fourth-order valence-corrected chi connectivity index (χ4v) is 6.57. The molecule has 124 valence electrons. The van der Waals surface area contributed by atoms with Crippen LogP contribution in [0, 0.1) is 18.3 Å². The van der Waals surface area contributed by atoms with Gasteiger partial charge in [0.15, 0.2) is 11.5 Å². The lowest BCUT2D eigenvalue weighted by molar-refractivity contribution is -0.243. The average Bonchev–Trinajstić information content (AvgIpc) is 2.88. The molecule has 0 aromatic heterocycles. The Morgan fingerprint density at radius 2 is 2.04 bits per heavy atom. The van der Waals surface area contributed by atoms with Crippen molar-refractivity contribution in [1.29, 1.82) is 0 Å². The number of ether oxygens (including phenoxy) is 2. The number of aryl methyl sites for hydroxylation is 2. The van der Waals surface area contributed by atoms with Crippen molar-refractivity contribution < 1.29 is 19.4 Å². The summed E-state index contributed by atoms with van der Waals surface area (Å²) in [7, 11) is 0. The predicted octanol–water partition coefficient (Wildman–Crippen LogP) is 1.13. The molecule has 6 aliphatic rings. The highest BCUT2D eigenvalue weighted by Crippen LogP contribution is 2.75. The maximum absolute atomic E-state index is 12.9. The predicted molar refractivity (Wildman–Crippen MR) is 82.6 cm³/mol. The molecule has 5 nitrogen and oxygen atoms in total. The Balaban J connectivity index is 1.81. The fourth-order valence-electron chi connectivity index (χ4n) is 6.57. The highest BCUT2D eigenvalue weighted by atomic mass is 16.6. The summed E-state index contributed by atoms with van der Waals surface area (Å²) in [4.78, 5) is 25.1. The molecule has 3 heterocycles. The van der Waals surface area contributed by atoms with E-state index in [0.717, 1.165) is 22.3 Å². The van der Waals surface area contributed by atoms with Crippen LogP contribution in [0.25, 0.3) is 0 Å². The molecule has 0 radical (unpaired) electrons. The molecule has 1 spiro atoms. The summed E-state index contributed by atoms with van der Waals surface area (Å²) in [5.74, 6) is -0.503. The zero-order chi connectivity index (χ0) is 16.6. The van der Waals surface area contributed by atoms with Crippen LogP contribution in [0.4, 0.5) is 0 Å². The summed E-state index contributed by atoms with van der Waals surface area (Å²) >= 11 is 0. The largest absolute Gasteiger partial charge is 0.456 e. The van der Waals surface area contributed by atoms with Crippen LogP contribution in [0.5, 0.6) is 0 Å². The van der Waals surface area contributed by atoms with Gasteiger partial charge in [0.25, 0.3) is 0 Å². The van der Waals surface area contributed by atoms with Crippen LogP contribution in [0.3, 0.4) is 0 Å². The van der Waals surface area contributed by atoms with Crippen LogP contribution in [-0.4, -0.2) is 28.9 Å². The average molecular weight is 326 g/mol. The first-order valence-corrected chi connectivity index (χ1v) is 8.67. The first-order valence-electron chi connectivity index (χ1n) is 8.67. The minimum atomic E-state index is -1.19. The molecule has 24 heavy (non-hydrogen) atoms. The minimum Gasteiger partial charge on any atom is -0.456 e. The molecule has 4 fully saturated rings. The van der Waals surface area contributed by atoms with Gasteiger partial charge in [0, 0.05) is 11.8 Å². The topological polar surface area (TPSA) is 72.8 Å². The zero-order valence-corrected chi connectivity index (χ0v) is 13.5. The number of hydrogen-bond acceptors (Lipinski definition) is 5. The van der Waals surface area contributed by atoms with Crippen LogP contribution in [-0.2, 0) is 20.7 Å². The van der Waals surface area contributed by atoms with Crippen molar-refractivity contribution in [1.82, 2.24) is 0 Å². The van der Waals surface area contributed by atoms with Gasteiger partial charge >= 0.3 is 5.97 Å². The van der Waals surface area contributed by atoms with E-state index in [4.69, 9.17) is 9.47 Å². The Labute approximate surface area is 138 Å². The quantitative estimate of drug-likeness (QED) is 0.724. The van der Waals surface area contributed by atoms with Gasteiger partial charge < -0.3 is 14.6 Å². The van der Waals surface area contributed by atoms with Gasteiger partial charge in [0.1, 0.15) is 17.8 Å². The van der Waals surface area contributed by atoms with E-state index in [-0.39, 0.29) is 29.3 Å². The third-order valence-corrected chi connectivity index (χ3v) is 7.46. The fraction of sp³-hybridized carbons (Fsp3) is 0.579. The third kappa shape index (κ3) is 1.06. The summed E-state index contributed by atoms with van der Waals surface area (Å²) in [6, 6.07) is 3.30. The van der Waals surface area contributed by atoms with Gasteiger partial charge in [-0.2, -0.15) is 0 Å². The van der Waals surface area contributed by atoms with E-state index in [1.54, 1.807) is 12.1 Å². The molecule has 1 saturated carbocycles. The number of aliphatic hydroxyl groups is 1. The Kier molecular flexibility index (Phi) is 2.04. The van der Waals surface area contributed by atoms with E-state index in [9.17, 15) is 14.7 Å². The summed E-state index contributed by atoms with van der Waals surface area (Å²) in [6.07, 6.45) is -0.101. The van der Waals surface area contributed by atoms with E-state index < -0.39 is 23.2 Å². The molecule has 1 aromatic carbocycles. The van der Waals surface area contributed by atoms with E-state index in [2.05, 4.69) is 6.92 Å². The van der Waals surface area contributed by atoms with Crippen molar-refractivity contribution >= 4 is 5.97 Å². The number of rotatable bonds is 0. The molecule has 1 aromatic rings. The number of hydrogen-bond donors (Lipinski definition) is 1. The van der Waals surface area contributed by atoms with E-state index in [0.29, 0.717) is 12.8 Å². The monoisotopic (exact) mass is 326 g/mol. The van der Waals surface area contributed by atoms with Crippen molar-refractivity contribution in [2.75, 3.05) is 0 Å². The molecule has 3 saturated heterocycles. The first-order chi connectivity index (χ1) is 11.4. The summed E-state index contributed by atoms with van der Waals surface area (Å²) in [6.45, 7) is 3.95. The minimum absolute atomic E-state index is 0.0119. The van der Waals surface area contributed by atoms with E-state index in [1.807, 2.05) is 6.92 Å². The van der Waals surface area contributed by atoms with Gasteiger partial charge in [-0.3, -0.25) is 9.59 Å². The molecular formula is C19H18O5. The molecule has 7 rings (SSSR count). The second kappa shape index (κ2) is 3.60. The standard InChI is InChI=1S/C19H18O5/c1-7-5-10(20)6-9-3-4-18-8(2)13-16(24-17(18)21)19(22)14(18)12(9)11(7)15(19)23-13/h5-6,8,13-16,22H,3-4H2,1-2H3/t8-,13-,14+,15+,16?,18?,19+/m1/s1. The molecule has 1 N–H and O–H groups in total. The summed E-state index contributed by atoms with van der Waals surface area (Å²) in [5, 5.41) is 11.7. The van der Waals surface area contributed by atoms with E-state index in [1.165, 1.54) is 0 Å². The first kappa shape index (κ1) is 13.6. The summed E-state index contributed by atoms with van der Waals surface area (Å²) in [5.41, 5.74) is 1.77. The van der Waals surface area contributed by atoms with Gasteiger partial charge in [0.05, 0.1) is 5.41 Å². The highest BCUT2D eigenvalue weighted by molar-refractivity contribution is 5.84. The molecular weight excluding hydrogens is 308 g/mol. The lowest BCUT2D eigenvalue weighted by Crippen LogP contribution is -2.71. The summed E-state index contributed by atoms with van der Waals surface area (Å²) < 4.78 is 12.0. The Hall–Kier alpha value is -1.72. The lowest BCUT2D eigenvalue weighted by atomic mass is 9.48. The van der Waals surface area contributed by atoms with Crippen molar-refractivity contribution in [3.8, 4) is 0 Å². The normalized spacial score (nSPS) is 48.6. The highest BCUT2D eigenvalue weighted by Gasteiger charge is 2.83. The van der Waals surface area contributed by atoms with Crippen LogP contribution in [0.1, 0.15) is 47.6 Å². The molecule has 0 amide bonds. The van der Waals surface area contributed by atoms with Gasteiger partial charge in [-0.05, 0) is 54.2 Å². The Morgan fingerprint density at radius 3 is 2.83 bits per heavy atom.